The summed E-state index contributed by atoms with van der Waals surface area (Å²) in [6.07, 6.45) is 1.59. The molecule has 3 N–H and O–H groups in total. The van der Waals surface area contributed by atoms with E-state index in [0.29, 0.717) is 21.7 Å². The average molecular weight is 407 g/mol. The predicted octanol–water partition coefficient (Wildman–Crippen LogP) is 2.72. The van der Waals surface area contributed by atoms with Gasteiger partial charge in [-0.1, -0.05) is 0 Å². The molecule has 0 saturated heterocycles. The molecule has 0 radical (unpaired) electrons. The molecular weight excluding hydrogens is 392 g/mol. The molecule has 0 spiro atoms. The van der Waals surface area contributed by atoms with Crippen LogP contribution in [0.4, 0.5) is 5.69 Å². The second-order valence-corrected chi connectivity index (χ2v) is 5.77. The van der Waals surface area contributed by atoms with Gasteiger partial charge in [0.2, 0.25) is 5.91 Å². The van der Waals surface area contributed by atoms with Crippen LogP contribution in [0.5, 0.6) is 0 Å². The predicted molar refractivity (Wildman–Crippen MR) is 94.6 cm³/mol. The SMILES string of the molecule is C[C@@H](OC(=O)/C=C/c1ccc(Br)o1)C(=O)Nc1ccc(C(N)=O)cc1. The zero-order valence-corrected chi connectivity index (χ0v) is 14.8. The first-order valence-electron chi connectivity index (χ1n) is 7.20. The van der Waals surface area contributed by atoms with Gasteiger partial charge in [0.25, 0.3) is 5.91 Å². The quantitative estimate of drug-likeness (QED) is 0.565. The maximum Gasteiger partial charge on any atom is 0.331 e. The number of amides is 2. The Kier molecular flexibility index (Phi) is 6.13. The van der Waals surface area contributed by atoms with Crippen molar-refractivity contribution in [3.8, 4) is 0 Å². The van der Waals surface area contributed by atoms with E-state index in [0.717, 1.165) is 6.08 Å². The number of anilines is 1. The third-order valence-corrected chi connectivity index (χ3v) is 3.50. The number of hydrogen-bond acceptors (Lipinski definition) is 5. The largest absolute Gasteiger partial charge is 0.450 e. The first-order valence-corrected chi connectivity index (χ1v) is 7.99. The van der Waals surface area contributed by atoms with E-state index in [2.05, 4.69) is 21.2 Å². The number of ether oxygens (including phenoxy) is 1. The Balaban J connectivity index is 1.87. The van der Waals surface area contributed by atoms with Gasteiger partial charge < -0.3 is 20.2 Å². The molecule has 7 nitrogen and oxygen atoms in total. The minimum absolute atomic E-state index is 0.326. The van der Waals surface area contributed by atoms with E-state index in [1.165, 1.54) is 37.3 Å². The van der Waals surface area contributed by atoms with Gasteiger partial charge in [-0.2, -0.15) is 0 Å². The zero-order chi connectivity index (χ0) is 18.4. The zero-order valence-electron chi connectivity index (χ0n) is 13.2. The van der Waals surface area contributed by atoms with Crippen molar-refractivity contribution in [2.45, 2.75) is 13.0 Å². The fourth-order valence-electron chi connectivity index (χ4n) is 1.80. The molecule has 25 heavy (non-hydrogen) atoms. The summed E-state index contributed by atoms with van der Waals surface area (Å²) >= 11 is 3.15. The normalized spacial score (nSPS) is 11.9. The Labute approximate surface area is 152 Å². The molecule has 130 valence electrons. The Morgan fingerprint density at radius 3 is 2.44 bits per heavy atom. The lowest BCUT2D eigenvalue weighted by Crippen LogP contribution is -2.29. The Morgan fingerprint density at radius 2 is 1.88 bits per heavy atom. The van der Waals surface area contributed by atoms with Crippen molar-refractivity contribution in [1.82, 2.24) is 0 Å². The topological polar surface area (TPSA) is 112 Å². The van der Waals surface area contributed by atoms with Crippen molar-refractivity contribution >= 4 is 45.5 Å². The van der Waals surface area contributed by atoms with Gasteiger partial charge in [-0.15, -0.1) is 0 Å². The highest BCUT2D eigenvalue weighted by molar-refractivity contribution is 9.10. The number of furan rings is 1. The molecule has 2 amide bonds. The van der Waals surface area contributed by atoms with E-state index >= 15 is 0 Å². The van der Waals surface area contributed by atoms with Gasteiger partial charge in [0.1, 0.15) is 5.76 Å². The number of primary amides is 1. The highest BCUT2D eigenvalue weighted by Gasteiger charge is 2.16. The Hall–Kier alpha value is -2.87. The van der Waals surface area contributed by atoms with E-state index in [1.807, 2.05) is 0 Å². The summed E-state index contributed by atoms with van der Waals surface area (Å²) in [6.45, 7) is 1.45. The van der Waals surface area contributed by atoms with Crippen LogP contribution in [0.1, 0.15) is 23.0 Å². The molecule has 2 rings (SSSR count). The summed E-state index contributed by atoms with van der Waals surface area (Å²) < 4.78 is 10.7. The highest BCUT2D eigenvalue weighted by atomic mass is 79.9. The summed E-state index contributed by atoms with van der Waals surface area (Å²) in [5, 5.41) is 2.57. The lowest BCUT2D eigenvalue weighted by Gasteiger charge is -2.12. The van der Waals surface area contributed by atoms with E-state index in [-0.39, 0.29) is 0 Å². The monoisotopic (exact) mass is 406 g/mol. The number of carbonyl (C=O) groups excluding carboxylic acids is 3. The molecule has 2 aromatic rings. The molecule has 1 heterocycles. The summed E-state index contributed by atoms with van der Waals surface area (Å²) in [5.41, 5.74) is 5.92. The molecule has 0 aliphatic heterocycles. The standard InChI is InChI=1S/C17H15BrN2O5/c1-10(24-15(21)9-7-13-6-8-14(18)25-13)17(23)20-12-4-2-11(3-5-12)16(19)22/h2-10H,1H3,(H2,19,22)(H,20,23)/b9-7+/t10-/m1/s1. The summed E-state index contributed by atoms with van der Waals surface area (Å²) in [4.78, 5) is 34.7. The Morgan fingerprint density at radius 1 is 1.20 bits per heavy atom. The van der Waals surface area contributed by atoms with Crippen LogP contribution in [-0.2, 0) is 14.3 Å². The van der Waals surface area contributed by atoms with E-state index < -0.39 is 23.9 Å². The van der Waals surface area contributed by atoms with E-state index in [4.69, 9.17) is 14.9 Å². The van der Waals surface area contributed by atoms with Crippen LogP contribution < -0.4 is 11.1 Å². The van der Waals surface area contributed by atoms with Gasteiger partial charge in [0.05, 0.1) is 0 Å². The summed E-state index contributed by atoms with van der Waals surface area (Å²) in [7, 11) is 0. The molecule has 1 atom stereocenters. The number of benzene rings is 1. The molecule has 1 aromatic carbocycles. The fraction of sp³-hybridized carbons (Fsp3) is 0.118. The molecule has 0 unspecified atom stereocenters. The number of esters is 1. The minimum atomic E-state index is -1.00. The molecule has 0 aliphatic carbocycles. The number of carbonyl (C=O) groups is 3. The first kappa shape index (κ1) is 18.5. The molecular formula is C17H15BrN2O5. The fourth-order valence-corrected chi connectivity index (χ4v) is 2.12. The third kappa shape index (κ3) is 5.61. The molecule has 0 fully saturated rings. The van der Waals surface area contributed by atoms with E-state index in [1.54, 1.807) is 12.1 Å². The first-order chi connectivity index (χ1) is 11.8. The van der Waals surface area contributed by atoms with Crippen LogP contribution in [0.3, 0.4) is 0 Å². The number of nitrogens with two attached hydrogens (primary N) is 1. The average Bonchev–Trinajstić information content (AvgIpc) is 2.99. The van der Waals surface area contributed by atoms with Gasteiger partial charge in [-0.25, -0.2) is 4.79 Å². The van der Waals surface area contributed by atoms with Gasteiger partial charge in [-0.05, 0) is 65.3 Å². The van der Waals surface area contributed by atoms with Crippen LogP contribution in [0.2, 0.25) is 0 Å². The molecule has 1 aromatic heterocycles. The smallest absolute Gasteiger partial charge is 0.331 e. The lowest BCUT2D eigenvalue weighted by atomic mass is 10.2. The van der Waals surface area contributed by atoms with Crippen LogP contribution in [-0.4, -0.2) is 23.9 Å². The molecule has 8 heteroatoms. The summed E-state index contributed by atoms with van der Waals surface area (Å²) in [5.74, 6) is -1.28. The Bertz CT molecular complexity index is 811. The van der Waals surface area contributed by atoms with E-state index in [9.17, 15) is 14.4 Å². The van der Waals surface area contributed by atoms with Gasteiger partial charge in [0.15, 0.2) is 10.8 Å². The minimum Gasteiger partial charge on any atom is -0.450 e. The van der Waals surface area contributed by atoms with Gasteiger partial charge >= 0.3 is 5.97 Å². The van der Waals surface area contributed by atoms with Gasteiger partial charge in [-0.3, -0.25) is 9.59 Å². The summed E-state index contributed by atoms with van der Waals surface area (Å²) in [6, 6.07) is 9.38. The third-order valence-electron chi connectivity index (χ3n) is 3.08. The maximum absolute atomic E-state index is 12.0. The van der Waals surface area contributed by atoms with Crippen molar-refractivity contribution in [1.29, 1.82) is 0 Å². The molecule has 0 bridgehead atoms. The highest BCUT2D eigenvalue weighted by Crippen LogP contribution is 2.15. The number of hydrogen-bond donors (Lipinski definition) is 2. The number of nitrogens with one attached hydrogen (secondary N) is 1. The maximum atomic E-state index is 12.0. The second kappa shape index (κ2) is 8.29. The lowest BCUT2D eigenvalue weighted by molar-refractivity contribution is -0.148. The van der Waals surface area contributed by atoms with Gasteiger partial charge in [0, 0.05) is 17.3 Å². The molecule has 0 saturated carbocycles. The van der Waals surface area contributed by atoms with Crippen molar-refractivity contribution < 1.29 is 23.5 Å². The van der Waals surface area contributed by atoms with Crippen molar-refractivity contribution in [3.63, 3.8) is 0 Å². The van der Waals surface area contributed by atoms with Crippen molar-refractivity contribution in [2.24, 2.45) is 5.73 Å². The number of rotatable bonds is 6. The number of halogens is 1. The second-order valence-electron chi connectivity index (χ2n) is 4.99. The van der Waals surface area contributed by atoms with Crippen LogP contribution in [0.25, 0.3) is 6.08 Å². The van der Waals surface area contributed by atoms with Crippen molar-refractivity contribution in [3.05, 3.63) is 58.5 Å². The van der Waals surface area contributed by atoms with Crippen LogP contribution in [0, 0.1) is 0 Å². The van der Waals surface area contributed by atoms with Crippen LogP contribution in [0.15, 0.2) is 51.6 Å². The van der Waals surface area contributed by atoms with Crippen molar-refractivity contribution in [2.75, 3.05) is 5.32 Å². The van der Waals surface area contributed by atoms with Crippen LogP contribution >= 0.6 is 15.9 Å². The molecule has 0 aliphatic rings.